The van der Waals surface area contributed by atoms with Crippen molar-refractivity contribution in [3.8, 4) is 0 Å². The number of nitrogens with zero attached hydrogens (tertiary/aromatic N) is 2. The molecular formula is C22H30N4O2. The Morgan fingerprint density at radius 1 is 1.21 bits per heavy atom. The Morgan fingerprint density at radius 2 is 2.00 bits per heavy atom. The molecule has 6 heteroatoms. The monoisotopic (exact) mass is 382 g/mol. The van der Waals surface area contributed by atoms with Crippen LogP contribution in [0.3, 0.4) is 0 Å². The summed E-state index contributed by atoms with van der Waals surface area (Å²) in [6.07, 6.45) is 4.88. The predicted molar refractivity (Wildman–Crippen MR) is 109 cm³/mol. The number of ether oxygens (including phenoxy) is 1. The van der Waals surface area contributed by atoms with E-state index in [0.29, 0.717) is 18.3 Å². The van der Waals surface area contributed by atoms with E-state index in [1.165, 1.54) is 5.56 Å². The van der Waals surface area contributed by atoms with Crippen molar-refractivity contribution in [2.45, 2.75) is 38.2 Å². The molecule has 2 aliphatic rings. The van der Waals surface area contributed by atoms with Crippen LogP contribution in [0.1, 0.15) is 30.5 Å². The molecule has 1 aromatic heterocycles. The van der Waals surface area contributed by atoms with Crippen molar-refractivity contribution in [2.75, 3.05) is 32.1 Å². The number of rotatable bonds is 6. The Morgan fingerprint density at radius 3 is 2.79 bits per heavy atom. The second-order valence-electron chi connectivity index (χ2n) is 8.12. The molecule has 0 bridgehead atoms. The number of likely N-dealkylation sites (tertiary alicyclic amines) is 1. The van der Waals surface area contributed by atoms with Gasteiger partial charge in [0.2, 0.25) is 5.91 Å². The van der Waals surface area contributed by atoms with Crippen LogP contribution in [0.25, 0.3) is 0 Å². The second kappa shape index (κ2) is 8.88. The van der Waals surface area contributed by atoms with E-state index in [4.69, 9.17) is 4.74 Å². The zero-order valence-electron chi connectivity index (χ0n) is 16.6. The zero-order chi connectivity index (χ0) is 19.3. The van der Waals surface area contributed by atoms with Gasteiger partial charge in [-0.1, -0.05) is 30.3 Å². The molecule has 2 fully saturated rings. The van der Waals surface area contributed by atoms with Crippen LogP contribution in [-0.4, -0.2) is 53.9 Å². The van der Waals surface area contributed by atoms with E-state index >= 15 is 0 Å². The molecule has 2 N–H and O–H groups in total. The summed E-state index contributed by atoms with van der Waals surface area (Å²) in [5.74, 6) is 1.07. The van der Waals surface area contributed by atoms with Crippen LogP contribution in [0.15, 0.2) is 36.4 Å². The summed E-state index contributed by atoms with van der Waals surface area (Å²) in [5.41, 5.74) is 2.33. The topological polar surface area (TPSA) is 70.2 Å². The lowest BCUT2D eigenvalue weighted by atomic mass is 9.84. The van der Waals surface area contributed by atoms with Crippen LogP contribution in [0.2, 0.25) is 0 Å². The molecule has 0 unspecified atom stereocenters. The van der Waals surface area contributed by atoms with Gasteiger partial charge in [-0.15, -0.1) is 0 Å². The smallest absolute Gasteiger partial charge is 0.231 e. The van der Waals surface area contributed by atoms with Gasteiger partial charge in [-0.2, -0.15) is 5.10 Å². The van der Waals surface area contributed by atoms with Crippen LogP contribution in [0, 0.1) is 11.8 Å². The molecule has 0 saturated carbocycles. The molecule has 6 nitrogen and oxygen atoms in total. The Bertz CT molecular complexity index is 768. The molecule has 1 amide bonds. The number of H-pyrrole nitrogens is 1. The number of nitrogens with one attached hydrogen (secondary N) is 2. The van der Waals surface area contributed by atoms with Gasteiger partial charge in [0.25, 0.3) is 0 Å². The average Bonchev–Trinajstić information content (AvgIpc) is 3.37. The molecule has 150 valence electrons. The molecular weight excluding hydrogens is 352 g/mol. The van der Waals surface area contributed by atoms with Crippen molar-refractivity contribution in [3.05, 3.63) is 47.7 Å². The van der Waals surface area contributed by atoms with Gasteiger partial charge in [0.1, 0.15) is 0 Å². The number of hydrogen-bond donors (Lipinski definition) is 2. The van der Waals surface area contributed by atoms with E-state index in [1.54, 1.807) is 0 Å². The van der Waals surface area contributed by atoms with Crippen LogP contribution in [0.4, 0.5) is 5.82 Å². The van der Waals surface area contributed by atoms with Crippen molar-refractivity contribution in [2.24, 2.45) is 11.8 Å². The highest BCUT2D eigenvalue weighted by molar-refractivity contribution is 5.92. The zero-order valence-corrected chi connectivity index (χ0v) is 16.6. The number of anilines is 1. The highest BCUT2D eigenvalue weighted by Crippen LogP contribution is 2.33. The summed E-state index contributed by atoms with van der Waals surface area (Å²) in [6, 6.07) is 12.3. The number of carbonyl (C=O) groups is 1. The fourth-order valence-corrected chi connectivity index (χ4v) is 4.41. The minimum atomic E-state index is -0.0714. The van der Waals surface area contributed by atoms with Crippen molar-refractivity contribution < 1.29 is 9.53 Å². The van der Waals surface area contributed by atoms with Gasteiger partial charge < -0.3 is 15.0 Å². The number of aryl methyl sites for hydroxylation is 2. The molecule has 4 rings (SSSR count). The first kappa shape index (κ1) is 19.2. The van der Waals surface area contributed by atoms with E-state index in [2.05, 4.69) is 51.7 Å². The van der Waals surface area contributed by atoms with E-state index in [9.17, 15) is 4.79 Å². The molecule has 0 aliphatic carbocycles. The summed E-state index contributed by atoms with van der Waals surface area (Å²) >= 11 is 0. The number of aromatic amines is 1. The normalized spacial score (nSPS) is 23.8. The minimum absolute atomic E-state index is 0.0440. The van der Waals surface area contributed by atoms with Gasteiger partial charge >= 0.3 is 0 Å². The molecule has 2 atom stereocenters. The maximum Gasteiger partial charge on any atom is 0.231 e. The number of piperidine rings is 1. The van der Waals surface area contributed by atoms with E-state index in [1.807, 2.05) is 12.1 Å². The Hall–Kier alpha value is -2.18. The summed E-state index contributed by atoms with van der Waals surface area (Å²) < 4.78 is 5.98. The fourth-order valence-electron chi connectivity index (χ4n) is 4.41. The summed E-state index contributed by atoms with van der Waals surface area (Å²) in [7, 11) is 2.16. The van der Waals surface area contributed by atoms with Gasteiger partial charge in [-0.25, -0.2) is 0 Å². The Balaban J connectivity index is 1.31. The number of carbonyl (C=O) groups excluding carboxylic acids is 1. The summed E-state index contributed by atoms with van der Waals surface area (Å²) in [5, 5.41) is 10.3. The van der Waals surface area contributed by atoms with Crippen LogP contribution >= 0.6 is 0 Å². The molecule has 2 saturated heterocycles. The maximum atomic E-state index is 12.9. The van der Waals surface area contributed by atoms with Crippen molar-refractivity contribution in [1.82, 2.24) is 15.1 Å². The van der Waals surface area contributed by atoms with Gasteiger partial charge in [-0.05, 0) is 63.7 Å². The quantitative estimate of drug-likeness (QED) is 0.806. The average molecular weight is 383 g/mol. The Labute approximate surface area is 166 Å². The van der Waals surface area contributed by atoms with E-state index in [0.717, 1.165) is 50.9 Å². The number of hydrogen-bond acceptors (Lipinski definition) is 4. The molecule has 3 heterocycles. The number of amides is 1. The highest BCUT2D eigenvalue weighted by atomic mass is 16.5. The minimum Gasteiger partial charge on any atom is -0.377 e. The largest absolute Gasteiger partial charge is 0.377 e. The summed E-state index contributed by atoms with van der Waals surface area (Å²) in [6.45, 7) is 2.85. The standard InChI is InChI=1S/C22H30N4O2/c1-26-12-9-17(10-13-26)21-19(11-14-28-21)22(27)23-20-15-18(24-25-20)8-7-16-5-3-2-4-6-16/h2-6,15,17,19,21H,7-14H2,1H3,(H2,23,24,25,27)/t19-,21+/m1/s1. The third kappa shape index (κ3) is 4.62. The SMILES string of the molecule is CN1CCC([C@@H]2OCC[C@H]2C(=O)Nc2cc(CCc3ccccc3)[nH]n2)CC1. The highest BCUT2D eigenvalue weighted by Gasteiger charge is 2.40. The molecule has 28 heavy (non-hydrogen) atoms. The number of aromatic nitrogens is 2. The first-order chi connectivity index (χ1) is 13.7. The van der Waals surface area contributed by atoms with Crippen LogP contribution in [-0.2, 0) is 22.4 Å². The third-order valence-corrected chi connectivity index (χ3v) is 6.11. The van der Waals surface area contributed by atoms with Gasteiger partial charge in [0.05, 0.1) is 12.0 Å². The first-order valence-electron chi connectivity index (χ1n) is 10.4. The van der Waals surface area contributed by atoms with Gasteiger partial charge in [0.15, 0.2) is 5.82 Å². The first-order valence-corrected chi connectivity index (χ1v) is 10.4. The molecule has 2 aromatic rings. The van der Waals surface area contributed by atoms with Crippen LogP contribution < -0.4 is 5.32 Å². The lowest BCUT2D eigenvalue weighted by Gasteiger charge is -2.34. The second-order valence-corrected chi connectivity index (χ2v) is 8.12. The van der Waals surface area contributed by atoms with Crippen molar-refractivity contribution >= 4 is 11.7 Å². The maximum absolute atomic E-state index is 12.9. The molecule has 0 radical (unpaired) electrons. The van der Waals surface area contributed by atoms with Crippen molar-refractivity contribution in [1.29, 1.82) is 0 Å². The van der Waals surface area contributed by atoms with E-state index in [-0.39, 0.29) is 17.9 Å². The van der Waals surface area contributed by atoms with Gasteiger partial charge in [0, 0.05) is 18.4 Å². The molecule has 1 aromatic carbocycles. The fraction of sp³-hybridized carbons (Fsp3) is 0.545. The lowest BCUT2D eigenvalue weighted by Crippen LogP contribution is -2.40. The third-order valence-electron chi connectivity index (χ3n) is 6.11. The van der Waals surface area contributed by atoms with E-state index < -0.39 is 0 Å². The molecule has 0 spiro atoms. The molecule has 2 aliphatic heterocycles. The Kier molecular flexibility index (Phi) is 6.07. The predicted octanol–water partition coefficient (Wildman–Crippen LogP) is 2.88. The van der Waals surface area contributed by atoms with Crippen LogP contribution in [0.5, 0.6) is 0 Å². The van der Waals surface area contributed by atoms with Crippen molar-refractivity contribution in [3.63, 3.8) is 0 Å². The number of benzene rings is 1. The summed E-state index contributed by atoms with van der Waals surface area (Å²) in [4.78, 5) is 15.2. The lowest BCUT2D eigenvalue weighted by molar-refractivity contribution is -0.122. The van der Waals surface area contributed by atoms with Gasteiger partial charge in [-0.3, -0.25) is 9.89 Å².